The molecule has 1 saturated heterocycles. The number of hydrogen-bond donors (Lipinski definition) is 1. The molecule has 1 fully saturated rings. The molecule has 9 heteroatoms. The lowest BCUT2D eigenvalue weighted by Crippen LogP contribution is -2.42. The number of piperidine rings is 1. The summed E-state index contributed by atoms with van der Waals surface area (Å²) in [5, 5.41) is 3.14. The van der Waals surface area contributed by atoms with E-state index in [0.29, 0.717) is 19.4 Å². The third-order valence-corrected chi connectivity index (χ3v) is 7.83. The number of nitrogens with one attached hydrogen (secondary N) is 1. The molecule has 0 aliphatic carbocycles. The van der Waals surface area contributed by atoms with Gasteiger partial charge < -0.3 is 10.1 Å². The summed E-state index contributed by atoms with van der Waals surface area (Å²) in [6.07, 6.45) is 0.892. The van der Waals surface area contributed by atoms with E-state index in [0.717, 1.165) is 11.3 Å². The van der Waals surface area contributed by atoms with Crippen molar-refractivity contribution in [1.29, 1.82) is 0 Å². The van der Waals surface area contributed by atoms with Gasteiger partial charge in [-0.1, -0.05) is 41.4 Å². The summed E-state index contributed by atoms with van der Waals surface area (Å²) in [4.78, 5) is 12.5. The van der Waals surface area contributed by atoms with E-state index < -0.39 is 10.0 Å². The molecule has 0 radical (unpaired) electrons. The Hall–Kier alpha value is -1.80. The van der Waals surface area contributed by atoms with Crippen molar-refractivity contribution in [2.45, 2.75) is 24.3 Å². The molecule has 2 aromatic rings. The first-order valence-corrected chi connectivity index (χ1v) is 11.4. The van der Waals surface area contributed by atoms with E-state index in [4.69, 9.17) is 27.9 Å². The smallest absolute Gasteiger partial charge is 0.244 e. The first-order chi connectivity index (χ1) is 13.8. The number of nitrogens with zero attached hydrogens (tertiary/aromatic N) is 1. The molecule has 0 bridgehead atoms. The lowest BCUT2D eigenvalue weighted by molar-refractivity contribution is -0.126. The average Bonchev–Trinajstić information content (AvgIpc) is 2.74. The van der Waals surface area contributed by atoms with Crippen LogP contribution >= 0.6 is 23.2 Å². The molecule has 1 aliphatic heterocycles. The van der Waals surface area contributed by atoms with Crippen LogP contribution in [0.4, 0.5) is 0 Å². The maximum atomic E-state index is 12.9. The molecule has 0 unspecified atom stereocenters. The van der Waals surface area contributed by atoms with E-state index in [2.05, 4.69) is 5.32 Å². The van der Waals surface area contributed by atoms with Gasteiger partial charge in [0.25, 0.3) is 0 Å². The second-order valence-electron chi connectivity index (χ2n) is 6.80. The van der Waals surface area contributed by atoms with Crippen LogP contribution in [-0.4, -0.2) is 38.8 Å². The molecule has 156 valence electrons. The van der Waals surface area contributed by atoms with Gasteiger partial charge in [0.2, 0.25) is 15.9 Å². The van der Waals surface area contributed by atoms with Crippen LogP contribution in [0.2, 0.25) is 10.0 Å². The SMILES string of the molecule is COc1cccc(CNC(=O)C2CCN(S(=O)(=O)c3cccc(Cl)c3Cl)CC2)c1. The van der Waals surface area contributed by atoms with E-state index in [1.807, 2.05) is 24.3 Å². The predicted octanol–water partition coefficient (Wildman–Crippen LogP) is 3.72. The topological polar surface area (TPSA) is 75.7 Å². The molecule has 1 amide bonds. The van der Waals surface area contributed by atoms with Gasteiger partial charge in [-0.3, -0.25) is 4.79 Å². The van der Waals surface area contributed by atoms with Crippen LogP contribution in [0.25, 0.3) is 0 Å². The number of carbonyl (C=O) groups excluding carboxylic acids is 1. The van der Waals surface area contributed by atoms with E-state index in [1.54, 1.807) is 19.2 Å². The van der Waals surface area contributed by atoms with Crippen LogP contribution in [-0.2, 0) is 21.4 Å². The minimum Gasteiger partial charge on any atom is -0.497 e. The summed E-state index contributed by atoms with van der Waals surface area (Å²) in [5.74, 6) is 0.419. The fourth-order valence-corrected chi connectivity index (χ4v) is 5.50. The number of sulfonamides is 1. The fraction of sp³-hybridized carbons (Fsp3) is 0.350. The summed E-state index contributed by atoms with van der Waals surface area (Å²) in [7, 11) is -2.16. The average molecular weight is 457 g/mol. The van der Waals surface area contributed by atoms with Gasteiger partial charge >= 0.3 is 0 Å². The maximum Gasteiger partial charge on any atom is 0.244 e. The van der Waals surface area contributed by atoms with Crippen molar-refractivity contribution >= 4 is 39.1 Å². The number of benzene rings is 2. The molecule has 0 spiro atoms. The van der Waals surface area contributed by atoms with Gasteiger partial charge in [-0.25, -0.2) is 8.42 Å². The Morgan fingerprint density at radius 2 is 1.86 bits per heavy atom. The highest BCUT2D eigenvalue weighted by Gasteiger charge is 2.33. The van der Waals surface area contributed by atoms with E-state index >= 15 is 0 Å². The first kappa shape index (κ1) is 21.9. The van der Waals surface area contributed by atoms with Crippen molar-refractivity contribution in [3.8, 4) is 5.75 Å². The van der Waals surface area contributed by atoms with Crippen LogP contribution in [0.5, 0.6) is 5.75 Å². The normalized spacial score (nSPS) is 15.8. The first-order valence-electron chi connectivity index (χ1n) is 9.17. The van der Waals surface area contributed by atoms with Crippen molar-refractivity contribution in [1.82, 2.24) is 9.62 Å². The summed E-state index contributed by atoms with van der Waals surface area (Å²) >= 11 is 12.0. The summed E-state index contributed by atoms with van der Waals surface area (Å²) in [5.41, 5.74) is 0.938. The number of ether oxygens (including phenoxy) is 1. The second kappa shape index (κ2) is 9.34. The van der Waals surface area contributed by atoms with Crippen molar-refractivity contribution in [3.05, 3.63) is 58.1 Å². The highest BCUT2D eigenvalue weighted by Crippen LogP contribution is 2.32. The Labute approximate surface area is 180 Å². The zero-order valence-electron chi connectivity index (χ0n) is 15.9. The standard InChI is InChI=1S/C20H22Cl2N2O4S/c1-28-16-5-2-4-14(12-16)13-23-20(25)15-8-10-24(11-9-15)29(26,27)18-7-3-6-17(21)19(18)22/h2-7,12,15H,8-11,13H2,1H3,(H,23,25). The molecule has 0 saturated carbocycles. The van der Waals surface area contributed by atoms with Crippen LogP contribution in [0, 0.1) is 5.92 Å². The van der Waals surface area contributed by atoms with Crippen LogP contribution in [0.3, 0.4) is 0 Å². The Morgan fingerprint density at radius 3 is 2.55 bits per heavy atom. The minimum absolute atomic E-state index is 0.00686. The van der Waals surface area contributed by atoms with Gasteiger partial charge in [0.15, 0.2) is 0 Å². The van der Waals surface area contributed by atoms with Crippen molar-refractivity contribution in [3.63, 3.8) is 0 Å². The monoisotopic (exact) mass is 456 g/mol. The number of carbonyl (C=O) groups is 1. The van der Waals surface area contributed by atoms with Crippen LogP contribution < -0.4 is 10.1 Å². The molecule has 0 aromatic heterocycles. The lowest BCUT2D eigenvalue weighted by atomic mass is 9.97. The van der Waals surface area contributed by atoms with Crippen LogP contribution in [0.1, 0.15) is 18.4 Å². The molecule has 6 nitrogen and oxygen atoms in total. The third kappa shape index (κ3) is 5.04. The number of halogens is 2. The number of amides is 1. The van der Waals surface area contributed by atoms with E-state index in [1.165, 1.54) is 10.4 Å². The predicted molar refractivity (Wildman–Crippen MR) is 113 cm³/mol. The fourth-order valence-electron chi connectivity index (χ4n) is 3.30. The molecule has 2 aromatic carbocycles. The zero-order valence-corrected chi connectivity index (χ0v) is 18.2. The molecule has 1 heterocycles. The molecule has 3 rings (SSSR count). The second-order valence-corrected chi connectivity index (χ2v) is 9.49. The van der Waals surface area contributed by atoms with Crippen molar-refractivity contribution < 1.29 is 17.9 Å². The highest BCUT2D eigenvalue weighted by molar-refractivity contribution is 7.89. The van der Waals surface area contributed by atoms with Crippen molar-refractivity contribution in [2.24, 2.45) is 5.92 Å². The zero-order chi connectivity index (χ0) is 21.0. The molecule has 0 atom stereocenters. The number of rotatable bonds is 6. The summed E-state index contributed by atoms with van der Waals surface area (Å²) in [6.45, 7) is 0.900. The molecule has 29 heavy (non-hydrogen) atoms. The Bertz CT molecular complexity index is 990. The van der Waals surface area contributed by atoms with Gasteiger partial charge in [0.1, 0.15) is 10.6 Å². The Morgan fingerprint density at radius 1 is 1.17 bits per heavy atom. The lowest BCUT2D eigenvalue weighted by Gasteiger charge is -2.30. The quantitative estimate of drug-likeness (QED) is 0.718. The number of methoxy groups -OCH3 is 1. The van der Waals surface area contributed by atoms with Gasteiger partial charge in [-0.05, 0) is 42.7 Å². The van der Waals surface area contributed by atoms with Gasteiger partial charge in [0, 0.05) is 25.6 Å². The Kier molecular flexibility index (Phi) is 7.05. The van der Waals surface area contributed by atoms with Gasteiger partial charge in [-0.2, -0.15) is 4.31 Å². The number of hydrogen-bond acceptors (Lipinski definition) is 4. The Balaban J connectivity index is 1.58. The van der Waals surface area contributed by atoms with Crippen LogP contribution in [0.15, 0.2) is 47.4 Å². The van der Waals surface area contributed by atoms with Gasteiger partial charge in [0.05, 0.1) is 17.2 Å². The molecular weight excluding hydrogens is 435 g/mol. The van der Waals surface area contributed by atoms with E-state index in [-0.39, 0.29) is 39.9 Å². The molecule has 1 aliphatic rings. The minimum atomic E-state index is -3.76. The largest absolute Gasteiger partial charge is 0.497 e. The van der Waals surface area contributed by atoms with Gasteiger partial charge in [-0.15, -0.1) is 0 Å². The van der Waals surface area contributed by atoms with Crippen molar-refractivity contribution in [2.75, 3.05) is 20.2 Å². The summed E-state index contributed by atoms with van der Waals surface area (Å²) < 4.78 is 32.3. The van der Waals surface area contributed by atoms with E-state index in [9.17, 15) is 13.2 Å². The molecular formula is C20H22Cl2N2O4S. The maximum absolute atomic E-state index is 12.9. The summed E-state index contributed by atoms with van der Waals surface area (Å²) in [6, 6.07) is 12.0. The molecule has 1 N–H and O–H groups in total. The highest BCUT2D eigenvalue weighted by atomic mass is 35.5. The third-order valence-electron chi connectivity index (χ3n) is 4.96.